The molecular formula is C18H16ClN3O4S. The zero-order valence-corrected chi connectivity index (χ0v) is 15.9. The van der Waals surface area contributed by atoms with Crippen molar-refractivity contribution in [1.29, 1.82) is 5.26 Å². The Labute approximate surface area is 162 Å². The van der Waals surface area contributed by atoms with Crippen LogP contribution in [0.1, 0.15) is 5.56 Å². The Morgan fingerprint density at radius 3 is 2.67 bits per heavy atom. The maximum Gasteiger partial charge on any atom is 0.267 e. The number of rotatable bonds is 4. The number of amides is 1. The van der Waals surface area contributed by atoms with Gasteiger partial charge in [0.15, 0.2) is 6.10 Å². The number of nitriles is 1. The molecule has 0 radical (unpaired) electrons. The first-order valence-electron chi connectivity index (χ1n) is 7.98. The zero-order valence-electron chi connectivity index (χ0n) is 14.3. The molecule has 0 fully saturated rings. The van der Waals surface area contributed by atoms with Crippen LogP contribution in [0.2, 0.25) is 5.02 Å². The summed E-state index contributed by atoms with van der Waals surface area (Å²) in [4.78, 5) is 12.6. The molecule has 2 aromatic carbocycles. The number of halogens is 1. The van der Waals surface area contributed by atoms with E-state index in [0.717, 1.165) is 16.1 Å². The van der Waals surface area contributed by atoms with Gasteiger partial charge in [-0.05, 0) is 35.9 Å². The molecule has 3 rings (SSSR count). The van der Waals surface area contributed by atoms with Gasteiger partial charge in [0.25, 0.3) is 5.91 Å². The molecule has 0 saturated heterocycles. The molecule has 7 nitrogen and oxygen atoms in total. The molecule has 1 N–H and O–H groups in total. The molecule has 1 amide bonds. The second kappa shape index (κ2) is 7.47. The maximum absolute atomic E-state index is 12.6. The second-order valence-electron chi connectivity index (χ2n) is 6.03. The van der Waals surface area contributed by atoms with Crippen molar-refractivity contribution in [2.75, 3.05) is 22.4 Å². The number of nitrogens with one attached hydrogen (secondary N) is 1. The van der Waals surface area contributed by atoms with E-state index in [2.05, 4.69) is 5.32 Å². The number of nitrogens with zero attached hydrogens (tertiary/aromatic N) is 2. The number of hydrogen-bond donors (Lipinski definition) is 1. The van der Waals surface area contributed by atoms with Gasteiger partial charge in [-0.1, -0.05) is 23.7 Å². The number of anilines is 2. The van der Waals surface area contributed by atoms with E-state index in [-0.39, 0.29) is 18.7 Å². The van der Waals surface area contributed by atoms with Gasteiger partial charge >= 0.3 is 0 Å². The first-order chi connectivity index (χ1) is 12.8. The van der Waals surface area contributed by atoms with Gasteiger partial charge in [-0.2, -0.15) is 5.26 Å². The van der Waals surface area contributed by atoms with Gasteiger partial charge in [-0.25, -0.2) is 8.42 Å². The molecular weight excluding hydrogens is 390 g/mol. The molecule has 0 aromatic heterocycles. The molecule has 0 unspecified atom stereocenters. The normalized spacial score (nSPS) is 16.0. The summed E-state index contributed by atoms with van der Waals surface area (Å²) >= 11 is 5.96. The highest BCUT2D eigenvalue weighted by atomic mass is 35.5. The van der Waals surface area contributed by atoms with Crippen molar-refractivity contribution in [1.82, 2.24) is 0 Å². The van der Waals surface area contributed by atoms with Crippen molar-refractivity contribution in [3.8, 4) is 11.8 Å². The fraction of sp³-hybridized carbons (Fsp3) is 0.222. The lowest BCUT2D eigenvalue weighted by Gasteiger charge is -2.34. The van der Waals surface area contributed by atoms with Crippen LogP contribution in [0, 0.1) is 11.3 Å². The van der Waals surface area contributed by atoms with Gasteiger partial charge in [-0.3, -0.25) is 9.10 Å². The summed E-state index contributed by atoms with van der Waals surface area (Å²) in [6.45, 7) is -0.162. The molecule has 1 aliphatic rings. The minimum atomic E-state index is -3.62. The van der Waals surface area contributed by atoms with Crippen molar-refractivity contribution < 1.29 is 17.9 Å². The monoisotopic (exact) mass is 405 g/mol. The van der Waals surface area contributed by atoms with E-state index in [4.69, 9.17) is 21.6 Å². The van der Waals surface area contributed by atoms with E-state index in [1.54, 1.807) is 30.3 Å². The van der Waals surface area contributed by atoms with Gasteiger partial charge in [0.1, 0.15) is 5.75 Å². The average molecular weight is 406 g/mol. The van der Waals surface area contributed by atoms with Crippen molar-refractivity contribution in [3.63, 3.8) is 0 Å². The fourth-order valence-corrected chi connectivity index (χ4v) is 3.77. The van der Waals surface area contributed by atoms with Crippen molar-refractivity contribution in [3.05, 3.63) is 53.1 Å². The van der Waals surface area contributed by atoms with Gasteiger partial charge in [-0.15, -0.1) is 0 Å². The molecule has 1 heterocycles. The molecule has 9 heteroatoms. The number of benzene rings is 2. The first-order valence-corrected chi connectivity index (χ1v) is 10.2. The SMILES string of the molecule is CS(=O)(=O)N1C[C@@H](C(=O)Nc2ccc(CC#N)cc2)Oc2ccc(Cl)cc21. The second-order valence-corrected chi connectivity index (χ2v) is 8.38. The molecule has 0 spiro atoms. The van der Waals surface area contributed by atoms with E-state index in [1.807, 2.05) is 6.07 Å². The Balaban J connectivity index is 1.81. The standard InChI is InChI=1S/C18H16ClN3O4S/c1-27(24,25)22-11-17(26-16-7-4-13(19)10-15(16)22)18(23)21-14-5-2-12(3-6-14)8-9-20/h2-7,10,17H,8,11H2,1H3,(H,21,23)/t17-/m0/s1. The summed E-state index contributed by atoms with van der Waals surface area (Å²) in [5.41, 5.74) is 1.66. The highest BCUT2D eigenvalue weighted by Crippen LogP contribution is 2.37. The van der Waals surface area contributed by atoms with Crippen LogP contribution in [0.3, 0.4) is 0 Å². The van der Waals surface area contributed by atoms with E-state index in [0.29, 0.717) is 16.4 Å². The fourth-order valence-electron chi connectivity index (χ4n) is 2.70. The summed E-state index contributed by atoms with van der Waals surface area (Å²) in [6.07, 6.45) is 0.321. The van der Waals surface area contributed by atoms with E-state index < -0.39 is 22.0 Å². The van der Waals surface area contributed by atoms with Crippen LogP contribution in [0.4, 0.5) is 11.4 Å². The third-order valence-electron chi connectivity index (χ3n) is 3.99. The topological polar surface area (TPSA) is 99.5 Å². The maximum atomic E-state index is 12.6. The van der Waals surface area contributed by atoms with Crippen molar-refractivity contribution >= 4 is 38.9 Å². The third-order valence-corrected chi connectivity index (χ3v) is 5.37. The van der Waals surface area contributed by atoms with Crippen LogP contribution in [-0.2, 0) is 21.2 Å². The van der Waals surface area contributed by atoms with Crippen LogP contribution < -0.4 is 14.4 Å². The Bertz CT molecular complexity index is 1020. The quantitative estimate of drug-likeness (QED) is 0.842. The summed E-state index contributed by atoms with van der Waals surface area (Å²) in [5.74, 6) is -0.210. The van der Waals surface area contributed by atoms with Crippen LogP contribution in [0.25, 0.3) is 0 Å². The number of hydrogen-bond acceptors (Lipinski definition) is 5. The third kappa shape index (κ3) is 4.32. The Morgan fingerprint density at radius 2 is 2.04 bits per heavy atom. The number of sulfonamides is 1. The lowest BCUT2D eigenvalue weighted by molar-refractivity contribution is -0.122. The summed E-state index contributed by atoms with van der Waals surface area (Å²) in [6, 6.07) is 13.5. The summed E-state index contributed by atoms with van der Waals surface area (Å²) < 4.78 is 31.1. The molecule has 27 heavy (non-hydrogen) atoms. The highest BCUT2D eigenvalue weighted by Gasteiger charge is 2.35. The Kier molecular flexibility index (Phi) is 5.26. The van der Waals surface area contributed by atoms with Crippen molar-refractivity contribution in [2.45, 2.75) is 12.5 Å². The molecule has 0 aliphatic carbocycles. The largest absolute Gasteiger partial charge is 0.476 e. The van der Waals surface area contributed by atoms with Gasteiger partial charge in [0, 0.05) is 10.7 Å². The summed E-state index contributed by atoms with van der Waals surface area (Å²) in [7, 11) is -3.62. The zero-order chi connectivity index (χ0) is 19.6. The van der Waals surface area contributed by atoms with Crippen LogP contribution in [-0.4, -0.2) is 33.2 Å². The summed E-state index contributed by atoms with van der Waals surface area (Å²) in [5, 5.41) is 11.8. The molecule has 140 valence electrons. The lowest BCUT2D eigenvalue weighted by Crippen LogP contribution is -2.48. The van der Waals surface area contributed by atoms with Gasteiger partial charge in [0.05, 0.1) is 31.0 Å². The molecule has 1 atom stereocenters. The Morgan fingerprint density at radius 1 is 1.33 bits per heavy atom. The van der Waals surface area contributed by atoms with Crippen LogP contribution in [0.5, 0.6) is 5.75 Å². The molecule has 0 saturated carbocycles. The Hall–Kier alpha value is -2.76. The van der Waals surface area contributed by atoms with Gasteiger partial charge < -0.3 is 10.1 Å². The molecule has 2 aromatic rings. The van der Waals surface area contributed by atoms with Gasteiger partial charge in [0.2, 0.25) is 10.0 Å². The lowest BCUT2D eigenvalue weighted by atomic mass is 10.1. The van der Waals surface area contributed by atoms with E-state index in [1.165, 1.54) is 12.1 Å². The predicted molar refractivity (Wildman–Crippen MR) is 102 cm³/mol. The van der Waals surface area contributed by atoms with Crippen molar-refractivity contribution in [2.24, 2.45) is 0 Å². The number of carbonyl (C=O) groups excluding carboxylic acids is 1. The average Bonchev–Trinajstić information content (AvgIpc) is 2.61. The predicted octanol–water partition coefficient (Wildman–Crippen LogP) is 2.57. The molecule has 1 aliphatic heterocycles. The minimum absolute atomic E-state index is 0.162. The van der Waals surface area contributed by atoms with Crippen LogP contribution in [0.15, 0.2) is 42.5 Å². The number of fused-ring (bicyclic) bond motifs is 1. The minimum Gasteiger partial charge on any atom is -0.476 e. The number of carbonyl (C=O) groups is 1. The number of ether oxygens (including phenoxy) is 1. The van der Waals surface area contributed by atoms with Crippen LogP contribution >= 0.6 is 11.6 Å². The highest BCUT2D eigenvalue weighted by molar-refractivity contribution is 7.92. The van der Waals surface area contributed by atoms with E-state index >= 15 is 0 Å². The smallest absolute Gasteiger partial charge is 0.267 e. The van der Waals surface area contributed by atoms with E-state index in [9.17, 15) is 13.2 Å². The molecule has 0 bridgehead atoms. The first kappa shape index (κ1) is 19.0.